The number of hydrogen-bond donors (Lipinski definition) is 0. The summed E-state index contributed by atoms with van der Waals surface area (Å²) < 4.78 is 5.13. The molecule has 0 aromatic rings. The van der Waals surface area contributed by atoms with Crippen LogP contribution >= 0.6 is 0 Å². The van der Waals surface area contributed by atoms with Crippen molar-refractivity contribution in [3.63, 3.8) is 0 Å². The Morgan fingerprint density at radius 1 is 1.58 bits per heavy atom. The quantitative estimate of drug-likeness (QED) is 0.576. The molecule has 0 aromatic heterocycles. The molecule has 0 amide bonds. The van der Waals surface area contributed by atoms with E-state index in [1.165, 1.54) is 0 Å². The van der Waals surface area contributed by atoms with Crippen molar-refractivity contribution in [2.75, 3.05) is 7.11 Å². The van der Waals surface area contributed by atoms with E-state index < -0.39 is 0 Å². The average Bonchev–Trinajstić information content (AvgIpc) is 2.17. The Balaban J connectivity index is 2.26. The van der Waals surface area contributed by atoms with E-state index in [2.05, 4.69) is 17.1 Å². The highest BCUT2D eigenvalue weighted by Gasteiger charge is 2.16. The number of fused-ring (bicyclic) bond motifs is 1. The van der Waals surface area contributed by atoms with Gasteiger partial charge in [-0.1, -0.05) is 6.08 Å². The van der Waals surface area contributed by atoms with Gasteiger partial charge < -0.3 is 4.74 Å². The van der Waals surface area contributed by atoms with E-state index >= 15 is 0 Å². The summed E-state index contributed by atoms with van der Waals surface area (Å²) in [5.74, 6) is 1.39. The van der Waals surface area contributed by atoms with Crippen LogP contribution < -0.4 is 0 Å². The molecular formula is C10H11NO. The minimum atomic E-state index is 0.467. The van der Waals surface area contributed by atoms with Crippen LogP contribution in [0.3, 0.4) is 0 Å². The molecule has 1 atom stereocenters. The summed E-state index contributed by atoms with van der Waals surface area (Å²) in [5, 5.41) is 0. The standard InChI is InChI=1S/C10H11NO/c1-12-9-5-4-8-3-2-6-11-10(8)7-9/h2-3,5-8H,4H2,1H3. The second kappa shape index (κ2) is 2.97. The first-order chi connectivity index (χ1) is 5.90. The highest BCUT2D eigenvalue weighted by molar-refractivity contribution is 5.74. The molecule has 0 spiro atoms. The zero-order chi connectivity index (χ0) is 8.39. The third-order valence-corrected chi connectivity index (χ3v) is 2.13. The molecule has 62 valence electrons. The maximum absolute atomic E-state index is 5.13. The van der Waals surface area contributed by atoms with Gasteiger partial charge in [-0.2, -0.15) is 0 Å². The van der Waals surface area contributed by atoms with E-state index in [1.807, 2.05) is 18.4 Å². The Hall–Kier alpha value is -1.31. The smallest absolute Gasteiger partial charge is 0.116 e. The molecule has 0 radical (unpaired) electrons. The molecule has 1 aliphatic carbocycles. The molecule has 12 heavy (non-hydrogen) atoms. The van der Waals surface area contributed by atoms with Crippen LogP contribution in [0.2, 0.25) is 0 Å². The van der Waals surface area contributed by atoms with Gasteiger partial charge in [0.2, 0.25) is 0 Å². The number of hydrogen-bond acceptors (Lipinski definition) is 2. The van der Waals surface area contributed by atoms with Crippen molar-refractivity contribution in [2.45, 2.75) is 6.42 Å². The molecule has 0 saturated heterocycles. The van der Waals surface area contributed by atoms with E-state index in [4.69, 9.17) is 4.74 Å². The number of methoxy groups -OCH3 is 1. The highest BCUT2D eigenvalue weighted by Crippen LogP contribution is 2.27. The average molecular weight is 161 g/mol. The predicted octanol–water partition coefficient (Wildman–Crippen LogP) is 2.06. The molecule has 0 saturated carbocycles. The normalized spacial score (nSPS) is 25.9. The lowest BCUT2D eigenvalue weighted by atomic mass is 9.94. The Bertz CT molecular complexity index is 297. The predicted molar refractivity (Wildman–Crippen MR) is 48.9 cm³/mol. The Morgan fingerprint density at radius 2 is 2.50 bits per heavy atom. The van der Waals surface area contributed by atoms with Crippen molar-refractivity contribution >= 4 is 6.21 Å². The van der Waals surface area contributed by atoms with Crippen LogP contribution in [-0.4, -0.2) is 13.3 Å². The molecule has 0 aromatic carbocycles. The Kier molecular flexibility index (Phi) is 1.82. The summed E-state index contributed by atoms with van der Waals surface area (Å²) in [5.41, 5.74) is 1.11. The topological polar surface area (TPSA) is 21.6 Å². The fourth-order valence-electron chi connectivity index (χ4n) is 1.44. The van der Waals surface area contributed by atoms with Crippen LogP contribution in [0.25, 0.3) is 0 Å². The number of nitrogens with zero attached hydrogens (tertiary/aromatic N) is 1. The van der Waals surface area contributed by atoms with Gasteiger partial charge in [-0.15, -0.1) is 0 Å². The van der Waals surface area contributed by atoms with E-state index in [-0.39, 0.29) is 0 Å². The van der Waals surface area contributed by atoms with Gasteiger partial charge in [0.15, 0.2) is 0 Å². The van der Waals surface area contributed by atoms with Crippen molar-refractivity contribution < 1.29 is 4.74 Å². The molecule has 0 N–H and O–H groups in total. The minimum absolute atomic E-state index is 0.467. The van der Waals surface area contributed by atoms with E-state index in [1.54, 1.807) is 7.11 Å². The van der Waals surface area contributed by atoms with Crippen molar-refractivity contribution in [2.24, 2.45) is 10.9 Å². The second-order valence-electron chi connectivity index (χ2n) is 2.89. The van der Waals surface area contributed by atoms with Gasteiger partial charge in [0.05, 0.1) is 12.8 Å². The van der Waals surface area contributed by atoms with Gasteiger partial charge in [0, 0.05) is 18.2 Å². The summed E-state index contributed by atoms with van der Waals surface area (Å²) in [4.78, 5) is 4.28. The van der Waals surface area contributed by atoms with Crippen LogP contribution in [0.15, 0.2) is 40.8 Å². The number of dihydropyridines is 1. The lowest BCUT2D eigenvalue weighted by Crippen LogP contribution is -2.07. The van der Waals surface area contributed by atoms with E-state index in [0.717, 1.165) is 17.9 Å². The van der Waals surface area contributed by atoms with E-state index in [0.29, 0.717) is 5.92 Å². The molecule has 2 heteroatoms. The summed E-state index contributed by atoms with van der Waals surface area (Å²) in [6.07, 6.45) is 11.1. The molecule has 2 rings (SSSR count). The highest BCUT2D eigenvalue weighted by atomic mass is 16.5. The van der Waals surface area contributed by atoms with E-state index in [9.17, 15) is 0 Å². The van der Waals surface area contributed by atoms with Crippen molar-refractivity contribution in [1.82, 2.24) is 0 Å². The third-order valence-electron chi connectivity index (χ3n) is 2.13. The van der Waals surface area contributed by atoms with Crippen LogP contribution in [0.1, 0.15) is 6.42 Å². The fraction of sp³-hybridized carbons (Fsp3) is 0.300. The summed E-state index contributed by atoms with van der Waals surface area (Å²) in [6, 6.07) is 0. The number of rotatable bonds is 1. The number of aliphatic imine (C=N–C) groups is 1. The molecular weight excluding hydrogens is 150 g/mol. The fourth-order valence-corrected chi connectivity index (χ4v) is 1.44. The molecule has 0 bridgehead atoms. The molecule has 1 heterocycles. The largest absolute Gasteiger partial charge is 0.497 e. The van der Waals surface area contributed by atoms with Crippen LogP contribution in [0.5, 0.6) is 0 Å². The lowest BCUT2D eigenvalue weighted by Gasteiger charge is -2.18. The summed E-state index contributed by atoms with van der Waals surface area (Å²) >= 11 is 0. The van der Waals surface area contributed by atoms with Crippen LogP contribution in [-0.2, 0) is 4.74 Å². The SMILES string of the molecule is COC1=CCC2C=CC=NC2=C1. The molecule has 2 nitrogen and oxygen atoms in total. The minimum Gasteiger partial charge on any atom is -0.497 e. The maximum atomic E-state index is 5.13. The van der Waals surface area contributed by atoms with Crippen molar-refractivity contribution in [1.29, 1.82) is 0 Å². The molecule has 0 fully saturated rings. The number of allylic oxidation sites excluding steroid dienone is 4. The van der Waals surface area contributed by atoms with Crippen LogP contribution in [0.4, 0.5) is 0 Å². The van der Waals surface area contributed by atoms with Gasteiger partial charge in [-0.05, 0) is 18.6 Å². The Morgan fingerprint density at radius 3 is 3.33 bits per heavy atom. The summed E-state index contributed by atoms with van der Waals surface area (Å²) in [7, 11) is 1.69. The zero-order valence-electron chi connectivity index (χ0n) is 7.03. The third kappa shape index (κ3) is 1.20. The van der Waals surface area contributed by atoms with Crippen molar-refractivity contribution in [3.05, 3.63) is 35.8 Å². The molecule has 2 aliphatic rings. The first-order valence-electron chi connectivity index (χ1n) is 4.07. The second-order valence-corrected chi connectivity index (χ2v) is 2.89. The van der Waals surface area contributed by atoms with Gasteiger partial charge in [-0.3, -0.25) is 4.99 Å². The maximum Gasteiger partial charge on any atom is 0.116 e. The van der Waals surface area contributed by atoms with Gasteiger partial charge in [-0.25, -0.2) is 0 Å². The monoisotopic (exact) mass is 161 g/mol. The van der Waals surface area contributed by atoms with Crippen molar-refractivity contribution in [3.8, 4) is 0 Å². The molecule has 1 unspecified atom stereocenters. The summed E-state index contributed by atoms with van der Waals surface area (Å²) in [6.45, 7) is 0. The zero-order valence-corrected chi connectivity index (χ0v) is 7.03. The van der Waals surface area contributed by atoms with Gasteiger partial charge in [0.25, 0.3) is 0 Å². The molecule has 1 aliphatic heterocycles. The van der Waals surface area contributed by atoms with Crippen LogP contribution in [0, 0.1) is 5.92 Å². The first kappa shape index (κ1) is 7.35. The van der Waals surface area contributed by atoms with Gasteiger partial charge >= 0.3 is 0 Å². The first-order valence-corrected chi connectivity index (χ1v) is 4.07. The Labute approximate surface area is 72.0 Å². The number of ether oxygens (including phenoxy) is 1. The van der Waals surface area contributed by atoms with Gasteiger partial charge in [0.1, 0.15) is 5.76 Å². The lowest BCUT2D eigenvalue weighted by molar-refractivity contribution is 0.301.